The van der Waals surface area contributed by atoms with Crippen LogP contribution in [-0.2, 0) is 13.5 Å². The smallest absolute Gasteiger partial charge is 0.108 e. The molecule has 0 radical (unpaired) electrons. The van der Waals surface area contributed by atoms with Gasteiger partial charge in [-0.2, -0.15) is 0 Å². The van der Waals surface area contributed by atoms with E-state index >= 15 is 0 Å². The second-order valence-corrected chi connectivity index (χ2v) is 6.48. The minimum Gasteiger partial charge on any atom is -0.393 e. The molecule has 1 atom stereocenters. The summed E-state index contributed by atoms with van der Waals surface area (Å²) in [4.78, 5) is 4.33. The van der Waals surface area contributed by atoms with Crippen LogP contribution >= 0.6 is 0 Å². The summed E-state index contributed by atoms with van der Waals surface area (Å²) in [7, 11) is 2.02. The van der Waals surface area contributed by atoms with Crippen molar-refractivity contribution < 1.29 is 5.11 Å². The van der Waals surface area contributed by atoms with Gasteiger partial charge in [0.1, 0.15) is 5.82 Å². The summed E-state index contributed by atoms with van der Waals surface area (Å²) >= 11 is 0. The molecule has 1 aromatic rings. The number of unbranched alkanes of at least 4 members (excludes halogenated alkanes) is 1. The molecule has 20 heavy (non-hydrogen) atoms. The predicted octanol–water partition coefficient (Wildman–Crippen LogP) is 3.71. The fourth-order valence-electron chi connectivity index (χ4n) is 3.50. The molecule has 3 nitrogen and oxygen atoms in total. The Labute approximate surface area is 123 Å². The quantitative estimate of drug-likeness (QED) is 0.825. The lowest BCUT2D eigenvalue weighted by Crippen LogP contribution is -2.26. The van der Waals surface area contributed by atoms with E-state index in [1.807, 2.05) is 24.0 Å². The van der Waals surface area contributed by atoms with Crippen LogP contribution in [0, 0.1) is 11.8 Å². The van der Waals surface area contributed by atoms with Crippen molar-refractivity contribution in [2.24, 2.45) is 18.9 Å². The van der Waals surface area contributed by atoms with Crippen LogP contribution in [-0.4, -0.2) is 20.8 Å². The molecule has 1 aliphatic rings. The number of nitrogens with zero attached hydrogens (tertiary/aromatic N) is 2. The highest BCUT2D eigenvalue weighted by molar-refractivity contribution is 4.92. The Hall–Kier alpha value is -0.830. The minimum atomic E-state index is -0.140. The van der Waals surface area contributed by atoms with Gasteiger partial charge < -0.3 is 9.67 Å². The Balaban J connectivity index is 1.69. The first-order valence-electron chi connectivity index (χ1n) is 8.35. The van der Waals surface area contributed by atoms with Crippen LogP contribution in [0.5, 0.6) is 0 Å². The van der Waals surface area contributed by atoms with Gasteiger partial charge in [0.15, 0.2) is 0 Å². The topological polar surface area (TPSA) is 38.1 Å². The van der Waals surface area contributed by atoms with E-state index in [1.54, 1.807) is 0 Å². The molecule has 1 aromatic heterocycles. The van der Waals surface area contributed by atoms with Crippen molar-refractivity contribution in [2.45, 2.75) is 70.8 Å². The molecule has 3 heteroatoms. The maximum Gasteiger partial charge on any atom is 0.108 e. The monoisotopic (exact) mass is 278 g/mol. The van der Waals surface area contributed by atoms with Crippen molar-refractivity contribution in [1.29, 1.82) is 0 Å². The van der Waals surface area contributed by atoms with Gasteiger partial charge in [-0.1, -0.05) is 39.0 Å². The summed E-state index contributed by atoms with van der Waals surface area (Å²) in [5.74, 6) is 2.53. The molecule has 1 aliphatic carbocycles. The van der Waals surface area contributed by atoms with E-state index in [9.17, 15) is 5.11 Å². The van der Waals surface area contributed by atoms with E-state index in [0.29, 0.717) is 5.92 Å². The Bertz CT molecular complexity index is 380. The van der Waals surface area contributed by atoms with Crippen molar-refractivity contribution in [1.82, 2.24) is 9.55 Å². The Morgan fingerprint density at radius 3 is 2.70 bits per heavy atom. The maximum absolute atomic E-state index is 10.4. The standard InChI is InChI=1S/C17H30N2O/c1-3-4-5-14-6-8-15(9-7-14)16(20)10-11-17-18-12-13-19(17)2/h12-16,20H,3-11H2,1-2H3. The molecule has 2 rings (SSSR count). The number of hydrogen-bond acceptors (Lipinski definition) is 2. The fraction of sp³-hybridized carbons (Fsp3) is 0.824. The molecule has 1 heterocycles. The minimum absolute atomic E-state index is 0.140. The van der Waals surface area contributed by atoms with E-state index in [1.165, 1.54) is 44.9 Å². The average molecular weight is 278 g/mol. The van der Waals surface area contributed by atoms with E-state index in [0.717, 1.165) is 24.6 Å². The summed E-state index contributed by atoms with van der Waals surface area (Å²) in [6.07, 6.45) is 14.6. The fourth-order valence-corrected chi connectivity index (χ4v) is 3.50. The zero-order valence-corrected chi connectivity index (χ0v) is 13.1. The summed E-state index contributed by atoms with van der Waals surface area (Å²) in [5.41, 5.74) is 0. The first kappa shape index (κ1) is 15.6. The van der Waals surface area contributed by atoms with Crippen molar-refractivity contribution in [3.63, 3.8) is 0 Å². The highest BCUT2D eigenvalue weighted by Crippen LogP contribution is 2.34. The SMILES string of the molecule is CCCCC1CCC(C(O)CCc2nccn2C)CC1. The maximum atomic E-state index is 10.4. The summed E-state index contributed by atoms with van der Waals surface area (Å²) in [5, 5.41) is 10.4. The van der Waals surface area contributed by atoms with Gasteiger partial charge >= 0.3 is 0 Å². The number of aliphatic hydroxyl groups is 1. The van der Waals surface area contributed by atoms with Crippen molar-refractivity contribution in [2.75, 3.05) is 0 Å². The lowest BCUT2D eigenvalue weighted by atomic mass is 9.77. The van der Waals surface area contributed by atoms with Crippen LogP contribution in [0.4, 0.5) is 0 Å². The molecule has 0 spiro atoms. The number of aryl methyl sites for hydroxylation is 2. The third-order valence-electron chi connectivity index (χ3n) is 4.99. The highest BCUT2D eigenvalue weighted by Gasteiger charge is 2.26. The van der Waals surface area contributed by atoms with Crippen LogP contribution in [0.1, 0.15) is 64.1 Å². The molecule has 1 unspecified atom stereocenters. The van der Waals surface area contributed by atoms with Gasteiger partial charge in [-0.15, -0.1) is 0 Å². The largest absolute Gasteiger partial charge is 0.393 e. The van der Waals surface area contributed by atoms with Gasteiger partial charge in [-0.3, -0.25) is 0 Å². The van der Waals surface area contributed by atoms with E-state index < -0.39 is 0 Å². The first-order valence-corrected chi connectivity index (χ1v) is 8.35. The molecule has 0 aliphatic heterocycles. The highest BCUT2D eigenvalue weighted by atomic mass is 16.3. The molecule has 1 saturated carbocycles. The summed E-state index contributed by atoms with van der Waals surface area (Å²) in [6, 6.07) is 0. The van der Waals surface area contributed by atoms with Gasteiger partial charge in [0.2, 0.25) is 0 Å². The molecule has 0 aromatic carbocycles. The van der Waals surface area contributed by atoms with Gasteiger partial charge in [0.25, 0.3) is 0 Å². The molecule has 1 fully saturated rings. The number of imidazole rings is 1. The average Bonchev–Trinajstić information content (AvgIpc) is 2.88. The first-order chi connectivity index (χ1) is 9.70. The summed E-state index contributed by atoms with van der Waals surface area (Å²) in [6.45, 7) is 2.27. The van der Waals surface area contributed by atoms with Gasteiger partial charge in [0, 0.05) is 25.9 Å². The van der Waals surface area contributed by atoms with Crippen LogP contribution in [0.15, 0.2) is 12.4 Å². The lowest BCUT2D eigenvalue weighted by Gasteiger charge is -2.31. The van der Waals surface area contributed by atoms with Gasteiger partial charge in [-0.25, -0.2) is 4.98 Å². The number of rotatable bonds is 7. The molecule has 0 saturated heterocycles. The normalized spacial score (nSPS) is 24.8. The zero-order valence-electron chi connectivity index (χ0n) is 13.1. The third-order valence-corrected chi connectivity index (χ3v) is 4.99. The van der Waals surface area contributed by atoms with Crippen molar-refractivity contribution in [3.8, 4) is 0 Å². The molecular weight excluding hydrogens is 248 g/mol. The van der Waals surface area contributed by atoms with E-state index in [4.69, 9.17) is 0 Å². The molecule has 114 valence electrons. The van der Waals surface area contributed by atoms with Gasteiger partial charge in [0.05, 0.1) is 6.10 Å². The Morgan fingerprint density at radius 1 is 1.35 bits per heavy atom. The van der Waals surface area contributed by atoms with Crippen molar-refractivity contribution >= 4 is 0 Å². The molecule has 1 N–H and O–H groups in total. The van der Waals surface area contributed by atoms with Crippen LogP contribution in [0.3, 0.4) is 0 Å². The second-order valence-electron chi connectivity index (χ2n) is 6.48. The number of aromatic nitrogens is 2. The Morgan fingerprint density at radius 2 is 2.10 bits per heavy atom. The Kier molecular flexibility index (Phi) is 6.08. The second kappa shape index (κ2) is 7.82. The number of hydrogen-bond donors (Lipinski definition) is 1. The number of aliphatic hydroxyl groups excluding tert-OH is 1. The lowest BCUT2D eigenvalue weighted by molar-refractivity contribution is 0.0653. The zero-order chi connectivity index (χ0) is 14.4. The summed E-state index contributed by atoms with van der Waals surface area (Å²) < 4.78 is 2.05. The predicted molar refractivity (Wildman–Crippen MR) is 82.5 cm³/mol. The third kappa shape index (κ3) is 4.34. The molecule has 0 amide bonds. The van der Waals surface area contributed by atoms with Crippen LogP contribution in [0.2, 0.25) is 0 Å². The van der Waals surface area contributed by atoms with Crippen LogP contribution in [0.25, 0.3) is 0 Å². The van der Waals surface area contributed by atoms with Gasteiger partial charge in [-0.05, 0) is 31.1 Å². The van der Waals surface area contributed by atoms with E-state index in [-0.39, 0.29) is 6.10 Å². The molecular formula is C17H30N2O. The van der Waals surface area contributed by atoms with E-state index in [2.05, 4.69) is 11.9 Å². The molecule has 0 bridgehead atoms. The van der Waals surface area contributed by atoms with Crippen LogP contribution < -0.4 is 0 Å². The van der Waals surface area contributed by atoms with Crippen molar-refractivity contribution in [3.05, 3.63) is 18.2 Å².